The summed E-state index contributed by atoms with van der Waals surface area (Å²) in [6, 6.07) is 0. The van der Waals surface area contributed by atoms with Gasteiger partial charge in [-0.05, 0) is 6.92 Å². The van der Waals surface area contributed by atoms with Gasteiger partial charge in [0.2, 0.25) is 0 Å². The summed E-state index contributed by atoms with van der Waals surface area (Å²) in [6.45, 7) is 1.78. The molecule has 0 aromatic carbocycles. The maximum atomic E-state index is 12.0. The van der Waals surface area contributed by atoms with Crippen LogP contribution in [0, 0.1) is 0 Å². The Morgan fingerprint density at radius 2 is 2.71 bits per heavy atom. The first kappa shape index (κ1) is 4.36. The number of hydrogen-bond acceptors (Lipinski definition) is 3. The summed E-state index contributed by atoms with van der Waals surface area (Å²) in [5.41, 5.74) is 2.46. The van der Waals surface area contributed by atoms with E-state index in [-0.39, 0.29) is 6.67 Å². The van der Waals surface area contributed by atoms with E-state index in [1.54, 1.807) is 6.92 Å². The van der Waals surface area contributed by atoms with Crippen molar-refractivity contribution in [3.63, 3.8) is 0 Å². The Morgan fingerprint density at radius 1 is 2.00 bits per heavy atom. The Bertz CT molecular complexity index is 100. The minimum absolute atomic E-state index is 0.186. The molecule has 1 rings (SSSR count). The van der Waals surface area contributed by atoms with Crippen LogP contribution in [0.15, 0.2) is 5.10 Å². The second kappa shape index (κ2) is 1.36. The molecule has 0 saturated heterocycles. The van der Waals surface area contributed by atoms with Crippen molar-refractivity contribution in [2.45, 2.75) is 6.92 Å². The van der Waals surface area contributed by atoms with Gasteiger partial charge in [-0.25, -0.2) is 0 Å². The minimum atomic E-state index is 0.186. The summed E-state index contributed by atoms with van der Waals surface area (Å²) in [5, 5.41) is 4.08. The van der Waals surface area contributed by atoms with Gasteiger partial charge in [0.1, 0.15) is 6.67 Å². The van der Waals surface area contributed by atoms with E-state index in [9.17, 15) is 4.48 Å². The van der Waals surface area contributed by atoms with Crippen molar-refractivity contribution in [2.24, 2.45) is 5.10 Å². The smallest absolute Gasteiger partial charge is 0.152 e. The molecule has 0 amide bonds. The van der Waals surface area contributed by atoms with Crippen molar-refractivity contribution in [1.29, 1.82) is 0 Å². The molecule has 7 heavy (non-hydrogen) atoms. The summed E-state index contributed by atoms with van der Waals surface area (Å²) in [4.78, 5) is 0. The highest BCUT2D eigenvalue weighted by Crippen LogP contribution is 1.94. The van der Waals surface area contributed by atoms with Crippen LogP contribution in [0.2, 0.25) is 0 Å². The summed E-state index contributed by atoms with van der Waals surface area (Å²) in [5.74, 6) is 0.389. The monoisotopic (exact) mass is 103 g/mol. The van der Waals surface area contributed by atoms with Crippen LogP contribution in [-0.4, -0.2) is 17.6 Å². The zero-order valence-corrected chi connectivity index (χ0v) is 3.98. The number of nitrogens with one attached hydrogen (secondary N) is 1. The fourth-order valence-electron chi connectivity index (χ4n) is 0.381. The highest BCUT2D eigenvalue weighted by molar-refractivity contribution is 5.79. The van der Waals surface area contributed by atoms with Gasteiger partial charge in [0, 0.05) is 0 Å². The second-order valence-corrected chi connectivity index (χ2v) is 1.34. The molecule has 0 spiro atoms. The van der Waals surface area contributed by atoms with E-state index in [4.69, 9.17) is 0 Å². The molecule has 0 unspecified atom stereocenters. The molecule has 0 aromatic heterocycles. The molecule has 0 aromatic rings. The Morgan fingerprint density at radius 3 is 2.86 bits per heavy atom. The highest BCUT2D eigenvalue weighted by Gasteiger charge is 2.08. The predicted octanol–water partition coefficient (Wildman–Crippen LogP) is 0.0670. The lowest BCUT2D eigenvalue weighted by molar-refractivity contribution is 0.127. The number of hydrogen-bond donors (Lipinski definition) is 1. The quantitative estimate of drug-likeness (QED) is 0.439. The van der Waals surface area contributed by atoms with E-state index in [1.807, 2.05) is 0 Å². The van der Waals surface area contributed by atoms with Crippen molar-refractivity contribution >= 4 is 5.84 Å². The van der Waals surface area contributed by atoms with Crippen LogP contribution in [0.3, 0.4) is 0 Å². The molecule has 0 fully saturated rings. The third-order valence-corrected chi connectivity index (χ3v) is 0.802. The van der Waals surface area contributed by atoms with E-state index in [0.29, 0.717) is 11.0 Å². The first-order chi connectivity index (χ1) is 3.30. The lowest BCUT2D eigenvalue weighted by Gasteiger charge is -1.98. The molecule has 0 bridgehead atoms. The molecule has 1 aliphatic heterocycles. The number of hydrazone groups is 1. The molecule has 1 aliphatic rings. The highest BCUT2D eigenvalue weighted by atomic mass is 19.2. The van der Waals surface area contributed by atoms with E-state index in [0.717, 1.165) is 0 Å². The average molecular weight is 103 g/mol. The summed E-state index contributed by atoms with van der Waals surface area (Å²) >= 11 is 0. The number of nitrogens with zero attached hydrogens (tertiary/aromatic N) is 2. The Balaban J connectivity index is 2.54. The van der Waals surface area contributed by atoms with Gasteiger partial charge in [0.25, 0.3) is 0 Å². The lowest BCUT2D eigenvalue weighted by Crippen LogP contribution is -2.17. The fourth-order valence-corrected chi connectivity index (χ4v) is 0.381. The van der Waals surface area contributed by atoms with E-state index in [1.165, 1.54) is 0 Å². The van der Waals surface area contributed by atoms with Gasteiger partial charge >= 0.3 is 0 Å². The molecule has 0 aliphatic carbocycles. The zero-order valence-electron chi connectivity index (χ0n) is 3.98. The SMILES string of the molecule is CC1=NNCN1F. The van der Waals surface area contributed by atoms with Gasteiger partial charge in [0.15, 0.2) is 5.84 Å². The van der Waals surface area contributed by atoms with Crippen LogP contribution in [0.1, 0.15) is 6.92 Å². The molecule has 0 atom stereocenters. The maximum absolute atomic E-state index is 12.0. The van der Waals surface area contributed by atoms with Crippen LogP contribution in [0.4, 0.5) is 4.48 Å². The first-order valence-electron chi connectivity index (χ1n) is 2.01. The van der Waals surface area contributed by atoms with Gasteiger partial charge in [0.05, 0.1) is 0 Å². The van der Waals surface area contributed by atoms with Gasteiger partial charge in [-0.2, -0.15) is 10.2 Å². The normalized spacial score (nSPS) is 19.1. The van der Waals surface area contributed by atoms with Crippen molar-refractivity contribution in [2.75, 3.05) is 6.67 Å². The number of rotatable bonds is 0. The summed E-state index contributed by atoms with van der Waals surface area (Å²) < 4.78 is 12.0. The average Bonchev–Trinajstić information content (AvgIpc) is 1.91. The largest absolute Gasteiger partial charge is 0.286 e. The summed E-state index contributed by atoms with van der Waals surface area (Å²) in [6.07, 6.45) is 0. The third kappa shape index (κ3) is 0.629. The third-order valence-electron chi connectivity index (χ3n) is 0.802. The molecule has 4 heteroatoms. The lowest BCUT2D eigenvalue weighted by atomic mass is 10.7. The van der Waals surface area contributed by atoms with E-state index < -0.39 is 0 Å². The van der Waals surface area contributed by atoms with Gasteiger partial charge < -0.3 is 0 Å². The van der Waals surface area contributed by atoms with Gasteiger partial charge in [-0.1, -0.05) is 4.48 Å². The standard InChI is InChI=1S/C3H6FN3/c1-3-6-5-2-7(3)4/h5H,2H2,1H3. The first-order valence-corrected chi connectivity index (χ1v) is 2.01. The zero-order chi connectivity index (χ0) is 5.28. The number of halogens is 1. The summed E-state index contributed by atoms with van der Waals surface area (Å²) in [7, 11) is 0. The van der Waals surface area contributed by atoms with Crippen molar-refractivity contribution < 1.29 is 4.48 Å². The van der Waals surface area contributed by atoms with Crippen LogP contribution >= 0.6 is 0 Å². The predicted molar refractivity (Wildman–Crippen MR) is 24.1 cm³/mol. The Labute approximate surface area is 40.7 Å². The molecular formula is C3H6FN3. The second-order valence-electron chi connectivity index (χ2n) is 1.34. The van der Waals surface area contributed by atoms with Crippen LogP contribution in [0.25, 0.3) is 0 Å². The van der Waals surface area contributed by atoms with Crippen LogP contribution in [-0.2, 0) is 0 Å². The van der Waals surface area contributed by atoms with Crippen molar-refractivity contribution in [3.05, 3.63) is 0 Å². The maximum Gasteiger partial charge on any atom is 0.152 e. The van der Waals surface area contributed by atoms with Gasteiger partial charge in [-0.15, -0.1) is 0 Å². The molecule has 40 valence electrons. The molecule has 0 radical (unpaired) electrons. The van der Waals surface area contributed by atoms with Crippen molar-refractivity contribution in [3.8, 4) is 0 Å². The number of amidine groups is 1. The molecule has 3 nitrogen and oxygen atoms in total. The minimum Gasteiger partial charge on any atom is -0.286 e. The Hall–Kier alpha value is -0.800. The van der Waals surface area contributed by atoms with Crippen molar-refractivity contribution in [1.82, 2.24) is 10.5 Å². The molecular weight excluding hydrogens is 97.1 g/mol. The van der Waals surface area contributed by atoms with Crippen LogP contribution < -0.4 is 5.43 Å². The molecule has 1 heterocycles. The van der Waals surface area contributed by atoms with E-state index >= 15 is 0 Å². The topological polar surface area (TPSA) is 27.6 Å². The molecule has 1 N–H and O–H groups in total. The molecule has 0 saturated carbocycles. The Kier molecular flexibility index (Phi) is 0.850. The fraction of sp³-hybridized carbons (Fsp3) is 0.667. The van der Waals surface area contributed by atoms with Gasteiger partial charge in [-0.3, -0.25) is 5.43 Å². The van der Waals surface area contributed by atoms with E-state index in [2.05, 4.69) is 10.5 Å². The van der Waals surface area contributed by atoms with Crippen LogP contribution in [0.5, 0.6) is 0 Å².